The van der Waals surface area contributed by atoms with Crippen molar-refractivity contribution in [1.29, 1.82) is 0 Å². The zero-order chi connectivity index (χ0) is 24.3. The highest BCUT2D eigenvalue weighted by Gasteiger charge is 2.21. The number of rotatable bonds is 1. The van der Waals surface area contributed by atoms with Crippen molar-refractivity contribution in [3.63, 3.8) is 0 Å². The van der Waals surface area contributed by atoms with Crippen molar-refractivity contribution in [2.45, 2.75) is 0 Å². The first-order valence-corrected chi connectivity index (χ1v) is 13.5. The van der Waals surface area contributed by atoms with E-state index in [1.807, 2.05) is 11.3 Å². The highest BCUT2D eigenvalue weighted by atomic mass is 32.1. The van der Waals surface area contributed by atoms with Crippen LogP contribution < -0.4 is 0 Å². The third-order valence-corrected chi connectivity index (χ3v) is 8.82. The third kappa shape index (κ3) is 3.15. The van der Waals surface area contributed by atoms with Gasteiger partial charge in [0.2, 0.25) is 0 Å². The van der Waals surface area contributed by atoms with Gasteiger partial charge in [-0.05, 0) is 79.9 Å². The average molecular weight is 487 g/mol. The van der Waals surface area contributed by atoms with Crippen LogP contribution in [0, 0.1) is 0 Å². The monoisotopic (exact) mass is 486 g/mol. The van der Waals surface area contributed by atoms with Crippen molar-refractivity contribution in [2.24, 2.45) is 0 Å². The molecule has 1 aliphatic carbocycles. The zero-order valence-electron chi connectivity index (χ0n) is 20.1. The lowest BCUT2D eigenvalue weighted by molar-refractivity contribution is 1.52. The van der Waals surface area contributed by atoms with Crippen molar-refractivity contribution in [3.05, 3.63) is 133 Å². The molecule has 0 bridgehead atoms. The Bertz CT molecular complexity index is 1980. The minimum absolute atomic E-state index is 1.25. The van der Waals surface area contributed by atoms with Gasteiger partial charge in [0.05, 0.1) is 0 Å². The van der Waals surface area contributed by atoms with E-state index >= 15 is 0 Å². The molecule has 8 rings (SSSR count). The first-order valence-electron chi connectivity index (χ1n) is 12.7. The molecule has 0 saturated carbocycles. The molecular weight excluding hydrogens is 464 g/mol. The number of hydrogen-bond acceptors (Lipinski definition) is 1. The molecule has 0 unspecified atom stereocenters. The molecule has 0 fully saturated rings. The molecule has 172 valence electrons. The Balaban J connectivity index is 1.41. The van der Waals surface area contributed by atoms with Gasteiger partial charge in [0.1, 0.15) is 0 Å². The number of fused-ring (bicyclic) bond motifs is 11. The first kappa shape index (κ1) is 20.7. The fourth-order valence-corrected chi connectivity index (χ4v) is 7.03. The number of hydrogen-bond donors (Lipinski definition) is 0. The topological polar surface area (TPSA) is 0 Å². The van der Waals surface area contributed by atoms with Gasteiger partial charge in [0, 0.05) is 20.2 Å². The minimum Gasteiger partial charge on any atom is -0.135 e. The van der Waals surface area contributed by atoms with E-state index in [4.69, 9.17) is 0 Å². The van der Waals surface area contributed by atoms with E-state index in [1.54, 1.807) is 0 Å². The lowest BCUT2D eigenvalue weighted by atomic mass is 9.80. The molecule has 0 saturated heterocycles. The van der Waals surface area contributed by atoms with Crippen molar-refractivity contribution in [3.8, 4) is 55.6 Å². The molecule has 7 aromatic rings. The summed E-state index contributed by atoms with van der Waals surface area (Å²) in [4.78, 5) is 0. The maximum atomic E-state index is 2.40. The van der Waals surface area contributed by atoms with E-state index in [1.165, 1.54) is 75.8 Å². The molecule has 1 heteroatoms. The van der Waals surface area contributed by atoms with Crippen LogP contribution in [0.3, 0.4) is 0 Å². The summed E-state index contributed by atoms with van der Waals surface area (Å²) in [5.74, 6) is 0. The Morgan fingerprint density at radius 1 is 0.297 bits per heavy atom. The van der Waals surface area contributed by atoms with Crippen LogP contribution >= 0.6 is 11.3 Å². The fourth-order valence-electron chi connectivity index (χ4n) is 5.95. The van der Waals surface area contributed by atoms with Gasteiger partial charge in [-0.3, -0.25) is 0 Å². The Morgan fingerprint density at radius 2 is 0.730 bits per heavy atom. The van der Waals surface area contributed by atoms with Crippen LogP contribution in [-0.2, 0) is 0 Å². The van der Waals surface area contributed by atoms with Crippen molar-refractivity contribution >= 4 is 31.5 Å². The Morgan fingerprint density at radius 3 is 1.35 bits per heavy atom. The molecule has 1 heterocycles. The summed E-state index contributed by atoms with van der Waals surface area (Å²) in [6, 6.07) is 49.2. The summed E-state index contributed by atoms with van der Waals surface area (Å²) in [6.45, 7) is 0. The van der Waals surface area contributed by atoms with E-state index in [0.29, 0.717) is 0 Å². The van der Waals surface area contributed by atoms with E-state index in [-0.39, 0.29) is 0 Å². The normalized spacial score (nSPS) is 11.8. The van der Waals surface area contributed by atoms with Gasteiger partial charge < -0.3 is 0 Å². The molecule has 0 radical (unpaired) electrons. The van der Waals surface area contributed by atoms with E-state index in [0.717, 1.165) is 0 Å². The van der Waals surface area contributed by atoms with Crippen LogP contribution in [-0.4, -0.2) is 0 Å². The minimum atomic E-state index is 1.25. The van der Waals surface area contributed by atoms with Gasteiger partial charge in [0.15, 0.2) is 0 Å². The summed E-state index contributed by atoms with van der Waals surface area (Å²) in [5, 5.41) is 2.68. The highest BCUT2D eigenvalue weighted by Crippen LogP contribution is 2.48. The summed E-state index contributed by atoms with van der Waals surface area (Å²) in [5.41, 5.74) is 12.8. The Kier molecular flexibility index (Phi) is 4.49. The quantitative estimate of drug-likeness (QED) is 0.216. The van der Waals surface area contributed by atoms with Gasteiger partial charge in [-0.1, -0.05) is 109 Å². The molecule has 0 atom stereocenters. The second kappa shape index (κ2) is 8.03. The second-order valence-electron chi connectivity index (χ2n) is 9.71. The van der Waals surface area contributed by atoms with Crippen LogP contribution in [0.25, 0.3) is 75.8 Å². The Labute approximate surface area is 220 Å². The van der Waals surface area contributed by atoms with Crippen LogP contribution in [0.5, 0.6) is 0 Å². The maximum absolute atomic E-state index is 2.40. The summed E-state index contributed by atoms with van der Waals surface area (Å²) in [7, 11) is 0. The summed E-state index contributed by atoms with van der Waals surface area (Å²) < 4.78 is 2.68. The maximum Gasteiger partial charge on any atom is 0.0355 e. The van der Waals surface area contributed by atoms with Crippen LogP contribution in [0.1, 0.15) is 0 Å². The molecular formula is C36H22S. The van der Waals surface area contributed by atoms with Crippen molar-refractivity contribution in [1.82, 2.24) is 0 Å². The van der Waals surface area contributed by atoms with Gasteiger partial charge in [-0.2, -0.15) is 0 Å². The lowest BCUT2D eigenvalue weighted by Gasteiger charge is -2.23. The van der Waals surface area contributed by atoms with Gasteiger partial charge in [-0.15, -0.1) is 11.3 Å². The largest absolute Gasteiger partial charge is 0.135 e. The molecule has 1 aromatic heterocycles. The van der Waals surface area contributed by atoms with Gasteiger partial charge in [-0.25, -0.2) is 0 Å². The lowest BCUT2D eigenvalue weighted by Crippen LogP contribution is -1.97. The van der Waals surface area contributed by atoms with Gasteiger partial charge >= 0.3 is 0 Å². The average Bonchev–Trinajstić information content (AvgIpc) is 3.34. The third-order valence-electron chi connectivity index (χ3n) is 7.67. The molecule has 0 spiro atoms. The van der Waals surface area contributed by atoms with Crippen molar-refractivity contribution < 1.29 is 0 Å². The van der Waals surface area contributed by atoms with Crippen molar-refractivity contribution in [2.75, 3.05) is 0 Å². The highest BCUT2D eigenvalue weighted by molar-refractivity contribution is 7.25. The number of thiophene rings is 1. The molecule has 0 N–H and O–H groups in total. The molecule has 0 amide bonds. The van der Waals surface area contributed by atoms with E-state index in [2.05, 4.69) is 133 Å². The molecule has 37 heavy (non-hydrogen) atoms. The second-order valence-corrected chi connectivity index (χ2v) is 10.8. The summed E-state index contributed by atoms with van der Waals surface area (Å²) >= 11 is 1.87. The van der Waals surface area contributed by atoms with E-state index < -0.39 is 0 Å². The predicted molar refractivity (Wildman–Crippen MR) is 160 cm³/mol. The van der Waals surface area contributed by atoms with Crippen LogP contribution in [0.15, 0.2) is 133 Å². The molecule has 1 aliphatic rings. The standard InChI is InChI=1S/C36H22S/c1-2-10-26-25(9-1)27-11-3-4-13-29(27)31-19-17-23(21-33(31)30-14-6-5-12-28(26)30)24-18-20-36-34(22-24)32-15-7-8-16-35(32)37-36/h1-22H. The number of benzene rings is 6. The SMILES string of the molecule is c1ccc2c(c1)-c1ccccc1-c1ccc(-c3ccc4sc5ccccc5c4c3)cc1-c1ccccc1-2. The molecule has 6 aromatic carbocycles. The fraction of sp³-hybridized carbons (Fsp3) is 0. The predicted octanol–water partition coefficient (Wildman–Crippen LogP) is 10.7. The van der Waals surface area contributed by atoms with Crippen LogP contribution in [0.2, 0.25) is 0 Å². The first-order chi connectivity index (χ1) is 18.3. The summed E-state index contributed by atoms with van der Waals surface area (Å²) in [6.07, 6.45) is 0. The molecule has 0 nitrogen and oxygen atoms in total. The van der Waals surface area contributed by atoms with Crippen LogP contribution in [0.4, 0.5) is 0 Å². The molecule has 0 aliphatic heterocycles. The van der Waals surface area contributed by atoms with E-state index in [9.17, 15) is 0 Å². The zero-order valence-corrected chi connectivity index (χ0v) is 20.9. The van der Waals surface area contributed by atoms with Gasteiger partial charge in [0.25, 0.3) is 0 Å². The Hall–Kier alpha value is -4.46. The smallest absolute Gasteiger partial charge is 0.0355 e.